The number of furan rings is 1. The Kier molecular flexibility index (Phi) is 6.52. The van der Waals surface area contributed by atoms with E-state index in [1.54, 1.807) is 42.5 Å². The summed E-state index contributed by atoms with van der Waals surface area (Å²) in [4.78, 5) is 0. The highest BCUT2D eigenvalue weighted by Gasteiger charge is 2.20. The molecule has 1 nitrogen and oxygen atoms in total. The maximum atomic E-state index is 9.48. The van der Waals surface area contributed by atoms with Gasteiger partial charge in [-0.1, -0.05) is 242 Å². The first-order chi connectivity index (χ1) is 45.7. The molecular formula is C76H46O. The molecule has 0 N–H and O–H groups in total. The third-order valence-corrected chi connectivity index (χ3v) is 14.9. The third kappa shape index (κ3) is 6.88. The lowest BCUT2D eigenvalue weighted by Gasteiger charge is -2.18. The number of rotatable bonds is 5. The molecule has 0 bridgehead atoms. The Morgan fingerprint density at radius 2 is 0.623 bits per heavy atom. The smallest absolute Gasteiger partial charge is 0.135 e. The van der Waals surface area contributed by atoms with Crippen molar-refractivity contribution < 1.29 is 29.1 Å². The lowest BCUT2D eigenvalue weighted by molar-refractivity contribution is 0.669. The highest BCUT2D eigenvalue weighted by atomic mass is 16.3. The van der Waals surface area contributed by atoms with Gasteiger partial charge >= 0.3 is 0 Å². The van der Waals surface area contributed by atoms with E-state index in [1.807, 2.05) is 12.1 Å². The largest absolute Gasteiger partial charge is 0.456 e. The molecule has 1 heterocycles. The summed E-state index contributed by atoms with van der Waals surface area (Å²) in [7, 11) is 0. The lowest BCUT2D eigenvalue weighted by Crippen LogP contribution is -1.91. The maximum absolute atomic E-state index is 9.48. The summed E-state index contributed by atoms with van der Waals surface area (Å²) >= 11 is 0. The average molecular weight is 993 g/mol. The molecule has 0 saturated carbocycles. The van der Waals surface area contributed by atoms with Crippen LogP contribution in [0.25, 0.3) is 164 Å². The second kappa shape index (κ2) is 17.2. The fourth-order valence-corrected chi connectivity index (χ4v) is 11.5. The summed E-state index contributed by atoms with van der Waals surface area (Å²) in [6.45, 7) is 0. The molecule has 0 saturated heterocycles. The Hall–Kier alpha value is -10.1. The Morgan fingerprint density at radius 1 is 0.234 bits per heavy atom. The molecule has 17 rings (SSSR count). The van der Waals surface area contributed by atoms with Gasteiger partial charge in [0.15, 0.2) is 0 Å². The fourth-order valence-electron chi connectivity index (χ4n) is 11.5. The van der Waals surface area contributed by atoms with Crippen LogP contribution in [0.5, 0.6) is 0 Å². The first-order valence-electron chi connectivity index (χ1n) is 34.2. The van der Waals surface area contributed by atoms with Crippen molar-refractivity contribution in [3.05, 3.63) is 279 Å². The molecule has 0 radical (unpaired) electrons. The van der Waals surface area contributed by atoms with E-state index in [1.165, 1.54) is 49.9 Å². The van der Waals surface area contributed by atoms with E-state index < -0.39 is 109 Å². The Labute approximate surface area is 470 Å². The van der Waals surface area contributed by atoms with Crippen LogP contribution in [-0.4, -0.2) is 0 Å². The number of fused-ring (bicyclic) bond motifs is 5. The molecule has 0 unspecified atom stereocenters. The lowest BCUT2D eigenvalue weighted by atomic mass is 9.86. The van der Waals surface area contributed by atoms with Crippen LogP contribution in [0, 0.1) is 0 Å². The standard InChI is InChI=1S/C44H26.C32H20O/c1-2-6-27(7-3-1)34-24-35(37-20-16-32-14-12-28-8-4-10-30-18-22-39(37)43(32)41(28)30)26-36(25-34)38-21-17-33-15-13-29-9-5-11-31-19-23-40(38)44(33)42(29)31;1-2-10-21(11-3-1)31-24-13-4-6-15-26(24)32(27-16-7-5-14-25(27)31)22-18-19-30-28(20-22)23-12-8-9-17-29(23)33-30/h1-26H;1-20H/i4D,5D,8D,9D,10D,11D,12D,13D,14D,15D,16D,17D,18D,19D,20D,21D,22D,23D;. The summed E-state index contributed by atoms with van der Waals surface area (Å²) in [5, 5.41) is 5.86. The van der Waals surface area contributed by atoms with E-state index >= 15 is 0 Å². The van der Waals surface area contributed by atoms with Gasteiger partial charge in [0.1, 0.15) is 11.2 Å². The molecule has 0 fully saturated rings. The van der Waals surface area contributed by atoms with Crippen LogP contribution in [0.15, 0.2) is 283 Å². The van der Waals surface area contributed by atoms with Crippen LogP contribution in [-0.2, 0) is 0 Å². The molecule has 0 amide bonds. The highest BCUT2D eigenvalue weighted by molar-refractivity contribution is 6.28. The Balaban J connectivity index is 0.000000180. The molecule has 17 aromatic rings. The highest BCUT2D eigenvalue weighted by Crippen LogP contribution is 2.47. The van der Waals surface area contributed by atoms with Gasteiger partial charge in [0.25, 0.3) is 0 Å². The molecule has 77 heavy (non-hydrogen) atoms. The normalized spacial score (nSPS) is 15.2. The molecule has 0 aliphatic carbocycles. The van der Waals surface area contributed by atoms with Crippen molar-refractivity contribution in [3.63, 3.8) is 0 Å². The summed E-state index contributed by atoms with van der Waals surface area (Å²) < 4.78 is 168. The van der Waals surface area contributed by atoms with Crippen molar-refractivity contribution in [1.29, 1.82) is 0 Å². The zero-order valence-electron chi connectivity index (χ0n) is 58.6. The minimum Gasteiger partial charge on any atom is -0.456 e. The van der Waals surface area contributed by atoms with Crippen molar-refractivity contribution in [2.45, 2.75) is 0 Å². The van der Waals surface area contributed by atoms with E-state index in [2.05, 4.69) is 109 Å². The minimum absolute atomic E-state index is 0.00774. The van der Waals surface area contributed by atoms with E-state index in [4.69, 9.17) is 20.9 Å². The van der Waals surface area contributed by atoms with Crippen LogP contribution in [0.4, 0.5) is 0 Å². The topological polar surface area (TPSA) is 13.1 Å². The van der Waals surface area contributed by atoms with Gasteiger partial charge in [0.05, 0.1) is 24.7 Å². The van der Waals surface area contributed by atoms with Gasteiger partial charge in [0.2, 0.25) is 0 Å². The van der Waals surface area contributed by atoms with Crippen molar-refractivity contribution in [1.82, 2.24) is 0 Å². The first-order valence-corrected chi connectivity index (χ1v) is 25.2. The second-order valence-corrected chi connectivity index (χ2v) is 19.2. The van der Waals surface area contributed by atoms with Gasteiger partial charge in [-0.25, -0.2) is 0 Å². The Morgan fingerprint density at radius 3 is 1.14 bits per heavy atom. The molecule has 0 atom stereocenters. The zero-order chi connectivity index (χ0) is 66.2. The first kappa shape index (κ1) is 29.1. The van der Waals surface area contributed by atoms with Gasteiger partial charge in [-0.15, -0.1) is 0 Å². The maximum Gasteiger partial charge on any atom is 0.135 e. The van der Waals surface area contributed by atoms with Crippen molar-refractivity contribution in [2.75, 3.05) is 0 Å². The molecule has 1 aromatic heterocycles. The SMILES string of the molecule is [2H]c1c([2H])c2c([2H])c([2H])c3c([2H])c([2H])c(-c4cc(-c5ccccc5)cc(-c5c([2H])c([2H])c6c([2H])c([2H])c7c([2H])c([2H])c([2H])c8c([2H])c([2H])c5c6c78)c4)c4c([2H])c([2H])c(c1[2H])c2c34.c1ccc(-c2c3ccccc3c(-c3ccc4oc5ccccc5c4c3)c3ccccc23)cc1. The van der Waals surface area contributed by atoms with E-state index in [9.17, 15) is 8.22 Å². The van der Waals surface area contributed by atoms with Gasteiger partial charge < -0.3 is 4.42 Å². The number of benzene rings is 16. The monoisotopic (exact) mass is 992 g/mol. The molecule has 1 heteroatoms. The zero-order valence-corrected chi connectivity index (χ0v) is 40.6. The Bertz CT molecular complexity index is 5920. The molecule has 0 spiro atoms. The quantitative estimate of drug-likeness (QED) is 0.124. The average Bonchev–Trinajstić information content (AvgIpc) is 1.38. The second-order valence-electron chi connectivity index (χ2n) is 19.2. The van der Waals surface area contributed by atoms with Crippen molar-refractivity contribution in [2.24, 2.45) is 0 Å². The molecule has 16 aromatic carbocycles. The molecule has 0 aliphatic rings. The van der Waals surface area contributed by atoms with E-state index in [-0.39, 0.29) is 86.9 Å². The van der Waals surface area contributed by atoms with Crippen molar-refractivity contribution >= 4 is 108 Å². The third-order valence-electron chi connectivity index (χ3n) is 14.9. The number of hydrogen-bond acceptors (Lipinski definition) is 1. The summed E-state index contributed by atoms with van der Waals surface area (Å²) in [5.41, 5.74) is 8.06. The molecule has 0 aliphatic heterocycles. The van der Waals surface area contributed by atoms with Crippen LogP contribution >= 0.6 is 0 Å². The van der Waals surface area contributed by atoms with Gasteiger partial charge in [0, 0.05) is 10.8 Å². The van der Waals surface area contributed by atoms with Crippen LogP contribution in [0.1, 0.15) is 24.7 Å². The van der Waals surface area contributed by atoms with Crippen LogP contribution in [0.2, 0.25) is 0 Å². The van der Waals surface area contributed by atoms with Crippen LogP contribution < -0.4 is 0 Å². The predicted molar refractivity (Wildman–Crippen MR) is 330 cm³/mol. The summed E-state index contributed by atoms with van der Waals surface area (Å²) in [6, 6.07) is 47.2. The van der Waals surface area contributed by atoms with Gasteiger partial charge in [-0.3, -0.25) is 0 Å². The van der Waals surface area contributed by atoms with Gasteiger partial charge in [-0.05, 0) is 178 Å². The van der Waals surface area contributed by atoms with Gasteiger partial charge in [-0.2, -0.15) is 0 Å². The minimum atomic E-state index is -0.600. The fraction of sp³-hybridized carbons (Fsp3) is 0. The molecular weight excluding hydrogens is 929 g/mol. The van der Waals surface area contributed by atoms with Crippen molar-refractivity contribution in [3.8, 4) is 55.6 Å². The van der Waals surface area contributed by atoms with E-state index in [0.29, 0.717) is 11.1 Å². The number of hydrogen-bond donors (Lipinski definition) is 0. The number of para-hydroxylation sites is 1. The summed E-state index contributed by atoms with van der Waals surface area (Å²) in [6.07, 6.45) is 0. The summed E-state index contributed by atoms with van der Waals surface area (Å²) in [5.74, 6) is 0. The predicted octanol–water partition coefficient (Wildman–Crippen LogP) is 21.7. The van der Waals surface area contributed by atoms with E-state index in [0.717, 1.165) is 21.9 Å². The van der Waals surface area contributed by atoms with Crippen LogP contribution in [0.3, 0.4) is 0 Å². The molecule has 356 valence electrons.